The van der Waals surface area contributed by atoms with E-state index in [1.807, 2.05) is 24.3 Å². The Labute approximate surface area is 189 Å². The first-order chi connectivity index (χ1) is 15.2. The van der Waals surface area contributed by atoms with Crippen molar-refractivity contribution < 1.29 is 18.0 Å². The first-order valence-electron chi connectivity index (χ1n) is 10.3. The third kappa shape index (κ3) is 3.53. The summed E-state index contributed by atoms with van der Waals surface area (Å²) in [6, 6.07) is 12.4. The molecular formula is C23H20F3N4OS-. The highest BCUT2D eigenvalue weighted by atomic mass is 32.1. The summed E-state index contributed by atoms with van der Waals surface area (Å²) in [6.07, 6.45) is -1.26. The number of thiocarbonyl (C=S) groups is 1. The van der Waals surface area contributed by atoms with Crippen LogP contribution in [0.4, 0.5) is 24.5 Å². The molecule has 0 unspecified atom stereocenters. The van der Waals surface area contributed by atoms with Crippen LogP contribution in [-0.2, 0) is 17.4 Å². The molecule has 2 fully saturated rings. The van der Waals surface area contributed by atoms with E-state index in [-0.39, 0.29) is 16.7 Å². The minimum absolute atomic E-state index is 0.00664. The number of nitriles is 1. The summed E-state index contributed by atoms with van der Waals surface area (Å²) in [5, 5.41) is 9.20. The normalized spacial score (nSPS) is 17.6. The van der Waals surface area contributed by atoms with Crippen LogP contribution in [0.5, 0.6) is 0 Å². The standard InChI is InChI=1S/C23H20F3N4OS/c24-23(25,26)19-13-18(9-6-16(19)14-28)29-20(31)22(10-2-11-22)30(21(29)32)17-7-4-15(5-8-17)3-1-12-27/h4-9,13,27H,1-3,10-12H2/q-1. The first-order valence-corrected chi connectivity index (χ1v) is 10.7. The molecule has 1 amide bonds. The third-order valence-corrected chi connectivity index (χ3v) is 6.48. The van der Waals surface area contributed by atoms with Gasteiger partial charge in [0.15, 0.2) is 5.11 Å². The summed E-state index contributed by atoms with van der Waals surface area (Å²) in [5.41, 5.74) is 6.59. The Bertz CT molecular complexity index is 1100. The van der Waals surface area contributed by atoms with Crippen molar-refractivity contribution in [3.63, 3.8) is 0 Å². The molecule has 0 radical (unpaired) electrons. The van der Waals surface area contributed by atoms with Crippen molar-refractivity contribution in [2.75, 3.05) is 16.3 Å². The lowest BCUT2D eigenvalue weighted by molar-refractivity contribution is -0.137. The van der Waals surface area contributed by atoms with Crippen LogP contribution >= 0.6 is 12.2 Å². The average molecular weight is 458 g/mol. The van der Waals surface area contributed by atoms with Gasteiger partial charge in [-0.2, -0.15) is 25.0 Å². The van der Waals surface area contributed by atoms with Gasteiger partial charge in [-0.25, -0.2) is 0 Å². The molecule has 0 bridgehead atoms. The molecule has 1 saturated carbocycles. The van der Waals surface area contributed by atoms with Gasteiger partial charge in [0.2, 0.25) is 0 Å². The largest absolute Gasteiger partial charge is 0.677 e. The molecule has 4 rings (SSSR count). The van der Waals surface area contributed by atoms with Gasteiger partial charge in [0.25, 0.3) is 5.91 Å². The smallest absolute Gasteiger partial charge is 0.417 e. The fourth-order valence-corrected chi connectivity index (χ4v) is 4.78. The third-order valence-electron chi connectivity index (χ3n) is 6.12. The zero-order valence-electron chi connectivity index (χ0n) is 17.1. The van der Waals surface area contributed by atoms with Gasteiger partial charge in [-0.1, -0.05) is 18.6 Å². The van der Waals surface area contributed by atoms with Crippen LogP contribution < -0.4 is 9.80 Å². The highest BCUT2D eigenvalue weighted by Gasteiger charge is 2.59. The molecule has 0 atom stereocenters. The highest BCUT2D eigenvalue weighted by Crippen LogP contribution is 2.48. The molecule has 0 aromatic heterocycles. The Balaban J connectivity index is 1.73. The second-order valence-corrected chi connectivity index (χ2v) is 8.37. The van der Waals surface area contributed by atoms with E-state index in [4.69, 9.17) is 23.2 Å². The van der Waals surface area contributed by atoms with Crippen LogP contribution in [0.15, 0.2) is 42.5 Å². The number of benzene rings is 2. The lowest BCUT2D eigenvalue weighted by Crippen LogP contribution is -2.55. The van der Waals surface area contributed by atoms with E-state index >= 15 is 0 Å². The monoisotopic (exact) mass is 457 g/mol. The summed E-state index contributed by atoms with van der Waals surface area (Å²) in [6.45, 7) is 0.342. The molecule has 2 aliphatic rings. The van der Waals surface area contributed by atoms with Crippen molar-refractivity contribution in [1.82, 2.24) is 0 Å². The summed E-state index contributed by atoms with van der Waals surface area (Å²) >= 11 is 5.61. The molecule has 2 aromatic rings. The number of aryl methyl sites for hydroxylation is 1. The molecule has 1 saturated heterocycles. The quantitative estimate of drug-likeness (QED) is 0.546. The van der Waals surface area contributed by atoms with Gasteiger partial charge in [-0.15, -0.1) is 0 Å². The van der Waals surface area contributed by atoms with E-state index in [1.165, 1.54) is 11.0 Å². The van der Waals surface area contributed by atoms with Gasteiger partial charge in [0.1, 0.15) is 5.54 Å². The Hall–Kier alpha value is -2.96. The molecule has 9 heteroatoms. The Kier molecular flexibility index (Phi) is 5.69. The van der Waals surface area contributed by atoms with E-state index < -0.39 is 22.8 Å². The molecule has 1 heterocycles. The Morgan fingerprint density at radius 3 is 2.31 bits per heavy atom. The van der Waals surface area contributed by atoms with Crippen LogP contribution in [0.3, 0.4) is 0 Å². The maximum atomic E-state index is 13.5. The van der Waals surface area contributed by atoms with Gasteiger partial charge < -0.3 is 10.6 Å². The number of amides is 1. The van der Waals surface area contributed by atoms with E-state index in [1.54, 1.807) is 11.0 Å². The van der Waals surface area contributed by atoms with Crippen molar-refractivity contribution in [2.24, 2.45) is 0 Å². The number of nitrogens with one attached hydrogen (secondary N) is 1. The van der Waals surface area contributed by atoms with Gasteiger partial charge in [-0.05, 0) is 73.8 Å². The predicted molar refractivity (Wildman–Crippen MR) is 119 cm³/mol. The number of anilines is 2. The van der Waals surface area contributed by atoms with Crippen LogP contribution in [-0.4, -0.2) is 23.1 Å². The van der Waals surface area contributed by atoms with Crippen LogP contribution in [0.2, 0.25) is 0 Å². The van der Waals surface area contributed by atoms with E-state index in [0.29, 0.717) is 25.1 Å². The zero-order chi connectivity index (χ0) is 23.1. The summed E-state index contributed by atoms with van der Waals surface area (Å²) in [7, 11) is 0. The van der Waals surface area contributed by atoms with Gasteiger partial charge >= 0.3 is 6.18 Å². The number of nitrogens with zero attached hydrogens (tertiary/aromatic N) is 3. The number of carbonyl (C=O) groups excluding carboxylic acids is 1. The summed E-state index contributed by atoms with van der Waals surface area (Å²) in [5.74, 6) is -0.343. The minimum Gasteiger partial charge on any atom is -0.677 e. The summed E-state index contributed by atoms with van der Waals surface area (Å²) < 4.78 is 40.5. The second kappa shape index (κ2) is 8.19. The fourth-order valence-electron chi connectivity index (χ4n) is 4.32. The van der Waals surface area contributed by atoms with Crippen LogP contribution in [0, 0.1) is 11.3 Å². The number of rotatable bonds is 5. The molecule has 1 aliphatic heterocycles. The molecule has 32 heavy (non-hydrogen) atoms. The van der Waals surface area contributed by atoms with Crippen molar-refractivity contribution in [3.8, 4) is 6.07 Å². The molecule has 1 spiro atoms. The molecule has 1 aliphatic carbocycles. The van der Waals surface area contributed by atoms with E-state index in [2.05, 4.69) is 0 Å². The van der Waals surface area contributed by atoms with Gasteiger partial charge in [-0.3, -0.25) is 9.69 Å². The zero-order valence-corrected chi connectivity index (χ0v) is 17.9. The SMILES string of the molecule is N#Cc1ccc(N2C(=O)C3(CCC3)N(c3ccc(CCC[NH-])cc3)C2=S)cc1C(F)(F)F. The number of alkyl halides is 3. The van der Waals surface area contributed by atoms with Crippen LogP contribution in [0.25, 0.3) is 5.73 Å². The minimum atomic E-state index is -4.73. The lowest BCUT2D eigenvalue weighted by Gasteiger charge is -2.43. The molecule has 166 valence electrons. The van der Waals surface area contributed by atoms with Crippen molar-refractivity contribution in [2.45, 2.75) is 43.8 Å². The van der Waals surface area contributed by atoms with E-state index in [9.17, 15) is 18.0 Å². The predicted octanol–water partition coefficient (Wildman–Crippen LogP) is 5.62. The summed E-state index contributed by atoms with van der Waals surface area (Å²) in [4.78, 5) is 16.4. The Morgan fingerprint density at radius 1 is 1.12 bits per heavy atom. The molecule has 5 nitrogen and oxygen atoms in total. The number of carbonyl (C=O) groups is 1. The number of hydrogen-bond donors (Lipinski definition) is 0. The maximum absolute atomic E-state index is 13.5. The Morgan fingerprint density at radius 2 is 1.78 bits per heavy atom. The van der Waals surface area contributed by atoms with Crippen molar-refractivity contribution >= 4 is 34.6 Å². The van der Waals surface area contributed by atoms with Crippen LogP contribution in [0.1, 0.15) is 42.4 Å². The number of hydrogen-bond acceptors (Lipinski definition) is 3. The molecular weight excluding hydrogens is 437 g/mol. The van der Waals surface area contributed by atoms with Crippen molar-refractivity contribution in [1.29, 1.82) is 5.26 Å². The lowest BCUT2D eigenvalue weighted by atomic mass is 9.75. The average Bonchev–Trinajstić information content (AvgIpc) is 2.98. The van der Waals surface area contributed by atoms with Crippen molar-refractivity contribution in [3.05, 3.63) is 64.9 Å². The fraction of sp³-hybridized carbons (Fsp3) is 0.348. The molecule has 1 N–H and O–H groups in total. The van der Waals surface area contributed by atoms with Gasteiger partial charge in [0.05, 0.1) is 22.9 Å². The van der Waals surface area contributed by atoms with E-state index in [0.717, 1.165) is 37.0 Å². The highest BCUT2D eigenvalue weighted by molar-refractivity contribution is 7.81. The second-order valence-electron chi connectivity index (χ2n) is 8.00. The first kappa shape index (κ1) is 22.2. The maximum Gasteiger partial charge on any atom is 0.417 e. The number of halogens is 3. The molecule has 2 aromatic carbocycles. The van der Waals surface area contributed by atoms with Gasteiger partial charge in [0, 0.05) is 5.69 Å². The topological polar surface area (TPSA) is 71.1 Å².